The van der Waals surface area contributed by atoms with Crippen LogP contribution in [-0.4, -0.2) is 34.9 Å². The lowest BCUT2D eigenvalue weighted by molar-refractivity contribution is -0.135. The summed E-state index contributed by atoms with van der Waals surface area (Å²) in [7, 11) is 1.61. The van der Waals surface area contributed by atoms with Crippen LogP contribution in [0.5, 0.6) is 11.5 Å². The Morgan fingerprint density at radius 1 is 1.10 bits per heavy atom. The van der Waals surface area contributed by atoms with Gasteiger partial charge in [0, 0.05) is 6.54 Å². The van der Waals surface area contributed by atoms with E-state index in [2.05, 4.69) is 0 Å². The molecule has 0 bridgehead atoms. The predicted octanol–water partition coefficient (Wildman–Crippen LogP) is 3.90. The number of aromatic hydroxyl groups is 1. The smallest absolute Gasteiger partial charge is 0.290 e. The predicted molar refractivity (Wildman–Crippen MR) is 113 cm³/mol. The number of methoxy groups -OCH3 is 1. The molecule has 160 valence electrons. The quantitative estimate of drug-likeness (QED) is 0.814. The highest BCUT2D eigenvalue weighted by Crippen LogP contribution is 2.47. The van der Waals surface area contributed by atoms with Crippen LogP contribution in [0.25, 0.3) is 0 Å². The van der Waals surface area contributed by atoms with E-state index in [0.29, 0.717) is 17.7 Å². The molecular formula is C25H25NO5. The summed E-state index contributed by atoms with van der Waals surface area (Å²) in [4.78, 5) is 28.7. The number of carbonyl (C=O) groups is 2. The second-order valence-electron chi connectivity index (χ2n) is 8.43. The third-order valence-electron chi connectivity index (χ3n) is 6.56. The molecule has 3 atom stereocenters. The standard InChI is InChI=1S/C25H25NO5/c1-30-18-11-9-15(10-12-18)14-26-22(16-5-4-6-17(27)13-16)21-23(28)19-7-2-3-8-20(19)31-24(21)25(26)29/h4-6,9-13,19-20,22,27H,2-3,7-8,14H2,1H3. The summed E-state index contributed by atoms with van der Waals surface area (Å²) in [5.74, 6) is 0.585. The molecular weight excluding hydrogens is 394 g/mol. The number of Topliss-reactive ketones (excluding diaryl/α,β-unsaturated/α-hetero) is 1. The Balaban J connectivity index is 1.56. The Bertz CT molecular complexity index is 1060. The third-order valence-corrected chi connectivity index (χ3v) is 6.56. The number of ether oxygens (including phenoxy) is 2. The average molecular weight is 419 g/mol. The fourth-order valence-corrected chi connectivity index (χ4v) is 5.02. The van der Waals surface area contributed by atoms with Crippen molar-refractivity contribution in [3.05, 3.63) is 71.0 Å². The van der Waals surface area contributed by atoms with E-state index in [9.17, 15) is 14.7 Å². The minimum Gasteiger partial charge on any atom is -0.508 e. The maximum atomic E-state index is 13.5. The molecule has 5 rings (SSSR count). The van der Waals surface area contributed by atoms with Crippen molar-refractivity contribution >= 4 is 11.7 Å². The number of phenols is 1. The van der Waals surface area contributed by atoms with Gasteiger partial charge in [-0.15, -0.1) is 0 Å². The van der Waals surface area contributed by atoms with Crippen LogP contribution < -0.4 is 4.74 Å². The molecule has 1 N–H and O–H groups in total. The van der Waals surface area contributed by atoms with E-state index in [1.807, 2.05) is 30.3 Å². The largest absolute Gasteiger partial charge is 0.508 e. The van der Waals surface area contributed by atoms with Crippen molar-refractivity contribution in [2.45, 2.75) is 44.4 Å². The van der Waals surface area contributed by atoms with E-state index in [1.165, 1.54) is 0 Å². The van der Waals surface area contributed by atoms with Crippen LogP contribution in [-0.2, 0) is 20.9 Å². The molecule has 0 spiro atoms. The zero-order valence-corrected chi connectivity index (χ0v) is 17.4. The van der Waals surface area contributed by atoms with Crippen molar-refractivity contribution < 1.29 is 24.2 Å². The first kappa shape index (κ1) is 19.7. The van der Waals surface area contributed by atoms with E-state index in [4.69, 9.17) is 9.47 Å². The maximum absolute atomic E-state index is 13.5. The van der Waals surface area contributed by atoms with Gasteiger partial charge in [-0.3, -0.25) is 9.59 Å². The van der Waals surface area contributed by atoms with Gasteiger partial charge >= 0.3 is 0 Å². The van der Waals surface area contributed by atoms with Crippen molar-refractivity contribution in [3.63, 3.8) is 0 Å². The van der Waals surface area contributed by atoms with Gasteiger partial charge in [-0.1, -0.05) is 30.7 Å². The first-order valence-corrected chi connectivity index (χ1v) is 10.7. The molecule has 0 aromatic heterocycles. The highest BCUT2D eigenvalue weighted by Gasteiger charge is 2.51. The van der Waals surface area contributed by atoms with Gasteiger partial charge in [0.2, 0.25) is 0 Å². The Kier molecular flexibility index (Phi) is 4.93. The highest BCUT2D eigenvalue weighted by atomic mass is 16.5. The molecule has 31 heavy (non-hydrogen) atoms. The van der Waals surface area contributed by atoms with E-state index in [1.54, 1.807) is 30.2 Å². The number of phenolic OH excluding ortho intramolecular Hbond substituents is 1. The number of ketones is 1. The van der Waals surface area contributed by atoms with Crippen LogP contribution in [0.1, 0.15) is 42.9 Å². The minimum absolute atomic E-state index is 0.0184. The van der Waals surface area contributed by atoms with Gasteiger partial charge in [0.05, 0.1) is 24.6 Å². The summed E-state index contributed by atoms with van der Waals surface area (Å²) < 4.78 is 11.4. The summed E-state index contributed by atoms with van der Waals surface area (Å²) in [5, 5.41) is 10.1. The van der Waals surface area contributed by atoms with Crippen LogP contribution in [0.15, 0.2) is 59.9 Å². The summed E-state index contributed by atoms with van der Waals surface area (Å²) >= 11 is 0. The molecule has 1 saturated carbocycles. The van der Waals surface area contributed by atoms with Crippen LogP contribution in [0.3, 0.4) is 0 Å². The van der Waals surface area contributed by atoms with Crippen LogP contribution in [0.2, 0.25) is 0 Å². The van der Waals surface area contributed by atoms with Gasteiger partial charge in [-0.2, -0.15) is 0 Å². The lowest BCUT2D eigenvalue weighted by atomic mass is 9.77. The number of amides is 1. The number of benzene rings is 2. The number of nitrogens with zero attached hydrogens (tertiary/aromatic N) is 1. The normalized spacial score (nSPS) is 25.2. The molecule has 1 fully saturated rings. The van der Waals surface area contributed by atoms with Crippen molar-refractivity contribution in [1.29, 1.82) is 0 Å². The summed E-state index contributed by atoms with van der Waals surface area (Å²) in [6, 6.07) is 13.7. The number of hydrogen-bond donors (Lipinski definition) is 1. The zero-order valence-electron chi connectivity index (χ0n) is 17.4. The zero-order chi connectivity index (χ0) is 21.5. The van der Waals surface area contributed by atoms with Gasteiger partial charge < -0.3 is 19.5 Å². The second kappa shape index (κ2) is 7.76. The molecule has 0 saturated heterocycles. The third kappa shape index (κ3) is 3.36. The first-order chi connectivity index (χ1) is 15.1. The number of hydrogen-bond acceptors (Lipinski definition) is 5. The molecule has 2 heterocycles. The lowest BCUT2D eigenvalue weighted by Gasteiger charge is -2.35. The van der Waals surface area contributed by atoms with E-state index < -0.39 is 6.04 Å². The summed E-state index contributed by atoms with van der Waals surface area (Å²) in [6.45, 7) is 0.322. The van der Waals surface area contributed by atoms with E-state index >= 15 is 0 Å². The summed E-state index contributed by atoms with van der Waals surface area (Å²) in [6.07, 6.45) is 3.39. The molecule has 0 radical (unpaired) electrons. The SMILES string of the molecule is COc1ccc(CN2C(=O)C3=C(C(=O)C4CCCCC4O3)C2c2cccc(O)c2)cc1. The van der Waals surface area contributed by atoms with Crippen molar-refractivity contribution in [2.24, 2.45) is 5.92 Å². The average Bonchev–Trinajstić information content (AvgIpc) is 3.06. The molecule has 3 aliphatic rings. The van der Waals surface area contributed by atoms with Crippen molar-refractivity contribution in [1.82, 2.24) is 4.90 Å². The Labute approximate surface area is 181 Å². The van der Waals surface area contributed by atoms with Gasteiger partial charge in [-0.25, -0.2) is 0 Å². The molecule has 1 aliphatic carbocycles. The molecule has 3 unspecified atom stereocenters. The van der Waals surface area contributed by atoms with Crippen LogP contribution in [0, 0.1) is 5.92 Å². The number of carbonyl (C=O) groups excluding carboxylic acids is 2. The molecule has 6 nitrogen and oxygen atoms in total. The van der Waals surface area contributed by atoms with E-state index in [-0.39, 0.29) is 35.2 Å². The first-order valence-electron chi connectivity index (χ1n) is 10.7. The van der Waals surface area contributed by atoms with Crippen molar-refractivity contribution in [3.8, 4) is 11.5 Å². The second-order valence-corrected chi connectivity index (χ2v) is 8.43. The molecule has 6 heteroatoms. The molecule has 1 amide bonds. The van der Waals surface area contributed by atoms with Crippen LogP contribution >= 0.6 is 0 Å². The molecule has 2 aromatic carbocycles. The maximum Gasteiger partial charge on any atom is 0.290 e. The topological polar surface area (TPSA) is 76.1 Å². The van der Waals surface area contributed by atoms with Crippen LogP contribution in [0.4, 0.5) is 0 Å². The monoisotopic (exact) mass is 419 g/mol. The van der Waals surface area contributed by atoms with Crippen molar-refractivity contribution in [2.75, 3.05) is 7.11 Å². The highest BCUT2D eigenvalue weighted by molar-refractivity contribution is 6.11. The molecule has 2 aromatic rings. The summed E-state index contributed by atoms with van der Waals surface area (Å²) in [5.41, 5.74) is 2.06. The Morgan fingerprint density at radius 2 is 1.87 bits per heavy atom. The Morgan fingerprint density at radius 3 is 2.61 bits per heavy atom. The van der Waals surface area contributed by atoms with E-state index in [0.717, 1.165) is 37.0 Å². The Hall–Kier alpha value is -3.28. The molecule has 2 aliphatic heterocycles. The van der Waals surface area contributed by atoms with Gasteiger partial charge in [0.15, 0.2) is 11.5 Å². The van der Waals surface area contributed by atoms with Gasteiger partial charge in [0.1, 0.15) is 17.6 Å². The number of fused-ring (bicyclic) bond motifs is 1. The van der Waals surface area contributed by atoms with Gasteiger partial charge in [0.25, 0.3) is 5.91 Å². The lowest BCUT2D eigenvalue weighted by Crippen LogP contribution is -2.39. The minimum atomic E-state index is -0.577. The number of rotatable bonds is 4. The fraction of sp³-hybridized carbons (Fsp3) is 0.360. The van der Waals surface area contributed by atoms with Gasteiger partial charge in [-0.05, 0) is 54.7 Å². The fourth-order valence-electron chi connectivity index (χ4n) is 5.02.